The number of hydrogen-bond donors (Lipinski definition) is 1. The van der Waals surface area contributed by atoms with Crippen molar-refractivity contribution in [1.82, 2.24) is 9.88 Å². The second kappa shape index (κ2) is 8.37. The van der Waals surface area contributed by atoms with Crippen LogP contribution in [-0.4, -0.2) is 46.7 Å². The van der Waals surface area contributed by atoms with Gasteiger partial charge >= 0.3 is 0 Å². The van der Waals surface area contributed by atoms with E-state index in [1.54, 1.807) is 24.4 Å². The second-order valence-corrected chi connectivity index (χ2v) is 7.79. The molecular weight excluding hydrogens is 399 g/mol. The van der Waals surface area contributed by atoms with E-state index < -0.39 is 6.10 Å². The molecule has 0 aliphatic carbocycles. The monoisotopic (exact) mass is 418 g/mol. The lowest BCUT2D eigenvalue weighted by atomic mass is 10.0. The number of carbonyl (C=O) groups excluding carboxylic acids is 1. The lowest BCUT2D eigenvalue weighted by Gasteiger charge is -2.33. The number of nitrogens with zero attached hydrogens (tertiary/aromatic N) is 3. The van der Waals surface area contributed by atoms with Crippen molar-refractivity contribution in [2.75, 3.05) is 18.4 Å². The van der Waals surface area contributed by atoms with E-state index in [0.717, 1.165) is 24.1 Å². The Morgan fingerprint density at radius 2 is 2.04 bits per heavy atom. The summed E-state index contributed by atoms with van der Waals surface area (Å²) in [5.41, 5.74) is 2.43. The fourth-order valence-corrected chi connectivity index (χ4v) is 4.04. The Morgan fingerprint density at radius 1 is 1.21 bits per heavy atom. The highest BCUT2D eigenvalue weighted by Gasteiger charge is 2.34. The lowest BCUT2D eigenvalue weighted by Crippen LogP contribution is -2.46. The number of carbonyl (C=O) groups is 1. The summed E-state index contributed by atoms with van der Waals surface area (Å²) in [7, 11) is 0. The van der Waals surface area contributed by atoms with Gasteiger partial charge in [-0.25, -0.2) is 0 Å². The normalized spacial score (nSPS) is 19.9. The molecule has 0 spiro atoms. The molecule has 6 nitrogen and oxygen atoms in total. The SMILES string of the molecule is O=C(C1CC(c2ccc(Cl)cc2Cl)=NO1)N1CCC(Nc2cccnc2)CC1. The van der Waals surface area contributed by atoms with Crippen molar-refractivity contribution in [2.45, 2.75) is 31.4 Å². The van der Waals surface area contributed by atoms with E-state index in [9.17, 15) is 4.79 Å². The molecule has 8 heteroatoms. The first-order chi connectivity index (χ1) is 13.6. The number of oxime groups is 1. The van der Waals surface area contributed by atoms with Crippen molar-refractivity contribution in [2.24, 2.45) is 5.16 Å². The maximum Gasteiger partial charge on any atom is 0.266 e. The third-order valence-corrected chi connectivity index (χ3v) is 5.57. The van der Waals surface area contributed by atoms with Gasteiger partial charge in [0.15, 0.2) is 0 Å². The maximum absolute atomic E-state index is 12.8. The fraction of sp³-hybridized carbons (Fsp3) is 0.350. The van der Waals surface area contributed by atoms with Gasteiger partial charge < -0.3 is 15.1 Å². The van der Waals surface area contributed by atoms with Crippen molar-refractivity contribution in [3.05, 3.63) is 58.3 Å². The summed E-state index contributed by atoms with van der Waals surface area (Å²) in [6.45, 7) is 1.38. The molecule has 1 aromatic carbocycles. The molecule has 1 aromatic heterocycles. The number of anilines is 1. The van der Waals surface area contributed by atoms with Gasteiger partial charge in [0.05, 0.1) is 16.4 Å². The molecule has 1 atom stereocenters. The molecule has 2 aromatic rings. The van der Waals surface area contributed by atoms with E-state index in [1.165, 1.54) is 0 Å². The van der Waals surface area contributed by atoms with Crippen LogP contribution in [0.1, 0.15) is 24.8 Å². The van der Waals surface area contributed by atoms with Crippen LogP contribution in [0.3, 0.4) is 0 Å². The number of piperidine rings is 1. The average molecular weight is 419 g/mol. The van der Waals surface area contributed by atoms with Gasteiger partial charge in [0.25, 0.3) is 5.91 Å². The van der Waals surface area contributed by atoms with Crippen LogP contribution in [0.2, 0.25) is 10.0 Å². The molecule has 0 radical (unpaired) electrons. The van der Waals surface area contributed by atoms with E-state index in [0.29, 0.717) is 41.3 Å². The van der Waals surface area contributed by atoms with Crippen LogP contribution < -0.4 is 5.32 Å². The van der Waals surface area contributed by atoms with E-state index in [4.69, 9.17) is 28.0 Å². The summed E-state index contributed by atoms with van der Waals surface area (Å²) < 4.78 is 0. The zero-order valence-electron chi connectivity index (χ0n) is 15.1. The van der Waals surface area contributed by atoms with Gasteiger partial charge in [-0.1, -0.05) is 34.4 Å². The molecule has 3 heterocycles. The second-order valence-electron chi connectivity index (χ2n) is 6.95. The molecule has 2 aliphatic heterocycles. The summed E-state index contributed by atoms with van der Waals surface area (Å²) in [4.78, 5) is 24.2. The van der Waals surface area contributed by atoms with Crippen LogP contribution >= 0.6 is 23.2 Å². The minimum atomic E-state index is -0.593. The van der Waals surface area contributed by atoms with Crippen LogP contribution in [-0.2, 0) is 9.63 Å². The summed E-state index contributed by atoms with van der Waals surface area (Å²) >= 11 is 12.2. The maximum atomic E-state index is 12.8. The predicted molar refractivity (Wildman–Crippen MR) is 110 cm³/mol. The number of nitrogens with one attached hydrogen (secondary N) is 1. The van der Waals surface area contributed by atoms with Crippen molar-refractivity contribution in [3.63, 3.8) is 0 Å². The minimum absolute atomic E-state index is 0.0244. The molecule has 0 saturated carbocycles. The zero-order chi connectivity index (χ0) is 19.5. The van der Waals surface area contributed by atoms with Gasteiger partial charge in [0.1, 0.15) is 0 Å². The molecule has 1 saturated heterocycles. The smallest absolute Gasteiger partial charge is 0.266 e. The van der Waals surface area contributed by atoms with Gasteiger partial charge in [-0.15, -0.1) is 0 Å². The molecule has 146 valence electrons. The zero-order valence-corrected chi connectivity index (χ0v) is 16.7. The highest BCUT2D eigenvalue weighted by atomic mass is 35.5. The average Bonchev–Trinajstić information content (AvgIpc) is 3.19. The van der Waals surface area contributed by atoms with Gasteiger partial charge in [-0.2, -0.15) is 0 Å². The Balaban J connectivity index is 1.30. The number of pyridine rings is 1. The van der Waals surface area contributed by atoms with Crippen molar-refractivity contribution < 1.29 is 9.63 Å². The molecular formula is C20H20Cl2N4O2. The Morgan fingerprint density at radius 3 is 2.75 bits per heavy atom. The molecule has 0 bridgehead atoms. The molecule has 1 unspecified atom stereocenters. The quantitative estimate of drug-likeness (QED) is 0.814. The molecule has 2 aliphatic rings. The minimum Gasteiger partial charge on any atom is -0.382 e. The number of halogens is 2. The topological polar surface area (TPSA) is 66.8 Å². The Kier molecular flexibility index (Phi) is 5.69. The number of amides is 1. The van der Waals surface area contributed by atoms with Gasteiger partial charge in [0, 0.05) is 48.5 Å². The standard InChI is InChI=1S/C20H20Cl2N4O2/c21-13-3-4-16(17(22)10-13)18-11-19(28-25-18)20(27)26-8-5-14(6-9-26)24-15-2-1-7-23-12-15/h1-4,7,10,12,14,19,24H,5-6,8-9,11H2. The fourth-order valence-electron chi connectivity index (χ4n) is 3.52. The first-order valence-electron chi connectivity index (χ1n) is 9.23. The first-order valence-corrected chi connectivity index (χ1v) is 9.99. The molecule has 1 N–H and O–H groups in total. The van der Waals surface area contributed by atoms with Crippen LogP contribution in [0, 0.1) is 0 Å². The van der Waals surface area contributed by atoms with Crippen molar-refractivity contribution >= 4 is 40.5 Å². The molecule has 1 fully saturated rings. The summed E-state index contributed by atoms with van der Waals surface area (Å²) in [6.07, 6.45) is 5.14. The van der Waals surface area contributed by atoms with Crippen LogP contribution in [0.5, 0.6) is 0 Å². The lowest BCUT2D eigenvalue weighted by molar-refractivity contribution is -0.143. The largest absolute Gasteiger partial charge is 0.382 e. The highest BCUT2D eigenvalue weighted by Crippen LogP contribution is 2.27. The molecule has 28 heavy (non-hydrogen) atoms. The van der Waals surface area contributed by atoms with E-state index >= 15 is 0 Å². The van der Waals surface area contributed by atoms with Crippen molar-refractivity contribution in [3.8, 4) is 0 Å². The van der Waals surface area contributed by atoms with Gasteiger partial charge in [-0.3, -0.25) is 9.78 Å². The number of rotatable bonds is 4. The van der Waals surface area contributed by atoms with Crippen LogP contribution in [0.15, 0.2) is 47.9 Å². The van der Waals surface area contributed by atoms with E-state index in [2.05, 4.69) is 15.5 Å². The number of likely N-dealkylation sites (tertiary alicyclic amines) is 1. The van der Waals surface area contributed by atoms with Gasteiger partial charge in [-0.05, 0) is 37.1 Å². The molecule has 1 amide bonds. The Labute approximate surface area is 173 Å². The number of hydrogen-bond acceptors (Lipinski definition) is 5. The summed E-state index contributed by atoms with van der Waals surface area (Å²) in [5.74, 6) is -0.0244. The van der Waals surface area contributed by atoms with E-state index in [-0.39, 0.29) is 5.91 Å². The summed E-state index contributed by atoms with van der Waals surface area (Å²) in [6, 6.07) is 9.45. The summed E-state index contributed by atoms with van der Waals surface area (Å²) in [5, 5.41) is 8.62. The molecule has 4 rings (SSSR count). The Hall–Kier alpha value is -2.31. The third-order valence-electron chi connectivity index (χ3n) is 5.03. The predicted octanol–water partition coefficient (Wildman–Crippen LogP) is 3.98. The van der Waals surface area contributed by atoms with Crippen molar-refractivity contribution in [1.29, 1.82) is 0 Å². The van der Waals surface area contributed by atoms with Crippen LogP contribution in [0.25, 0.3) is 0 Å². The Bertz CT molecular complexity index is 883. The first kappa shape index (κ1) is 19.0. The number of aromatic nitrogens is 1. The number of benzene rings is 1. The third kappa shape index (κ3) is 4.23. The van der Waals surface area contributed by atoms with Crippen LogP contribution in [0.4, 0.5) is 5.69 Å². The highest BCUT2D eigenvalue weighted by molar-refractivity contribution is 6.37. The van der Waals surface area contributed by atoms with E-state index in [1.807, 2.05) is 23.2 Å². The van der Waals surface area contributed by atoms with Gasteiger partial charge in [0.2, 0.25) is 6.10 Å².